The third kappa shape index (κ3) is 3.10. The molecule has 7 heteroatoms. The summed E-state index contributed by atoms with van der Waals surface area (Å²) >= 11 is 1.61. The first-order valence-corrected chi connectivity index (χ1v) is 9.35. The number of aromatic nitrogens is 3. The number of carbonyl (C=O) groups excluding carboxylic acids is 1. The van der Waals surface area contributed by atoms with Crippen molar-refractivity contribution in [3.8, 4) is 27.0 Å². The van der Waals surface area contributed by atoms with Gasteiger partial charge >= 0.3 is 0 Å². The van der Waals surface area contributed by atoms with E-state index in [1.54, 1.807) is 23.3 Å². The van der Waals surface area contributed by atoms with Crippen LogP contribution in [0.3, 0.4) is 0 Å². The van der Waals surface area contributed by atoms with Crippen molar-refractivity contribution in [1.29, 1.82) is 0 Å². The summed E-state index contributed by atoms with van der Waals surface area (Å²) in [6.45, 7) is 0.712. The van der Waals surface area contributed by atoms with E-state index in [0.29, 0.717) is 13.0 Å². The number of ether oxygens (including phenoxy) is 1. The Balaban J connectivity index is 1.63. The number of thiazole rings is 1. The summed E-state index contributed by atoms with van der Waals surface area (Å²) in [5, 5.41) is 0.935. The van der Waals surface area contributed by atoms with E-state index in [2.05, 4.69) is 14.5 Å². The minimum Gasteiger partial charge on any atom is -0.497 e. The molecular formula is C19H20N4O2S. The van der Waals surface area contributed by atoms with E-state index < -0.39 is 0 Å². The Morgan fingerprint density at radius 1 is 1.31 bits per heavy atom. The lowest BCUT2D eigenvalue weighted by atomic mass is 10.1. The van der Waals surface area contributed by atoms with Crippen LogP contribution in [-0.4, -0.2) is 46.0 Å². The second-order valence-electron chi connectivity index (χ2n) is 6.39. The topological polar surface area (TPSA) is 60.3 Å². The molecule has 1 aliphatic heterocycles. The Kier molecular flexibility index (Phi) is 4.46. The number of benzene rings is 1. The molecule has 1 saturated heterocycles. The summed E-state index contributed by atoms with van der Waals surface area (Å²) in [4.78, 5) is 23.7. The van der Waals surface area contributed by atoms with Crippen molar-refractivity contribution in [2.75, 3.05) is 20.7 Å². The summed E-state index contributed by atoms with van der Waals surface area (Å²) in [5.74, 6) is 1.93. The van der Waals surface area contributed by atoms with Crippen molar-refractivity contribution >= 4 is 17.2 Å². The van der Waals surface area contributed by atoms with E-state index in [9.17, 15) is 4.79 Å². The summed E-state index contributed by atoms with van der Waals surface area (Å²) in [6, 6.07) is 8.14. The highest BCUT2D eigenvalue weighted by molar-refractivity contribution is 7.18. The maximum atomic E-state index is 11.8. The van der Waals surface area contributed by atoms with Gasteiger partial charge in [-0.05, 0) is 18.6 Å². The molecule has 4 rings (SSSR count). The second kappa shape index (κ2) is 6.92. The van der Waals surface area contributed by atoms with Gasteiger partial charge in [0.05, 0.1) is 18.0 Å². The highest BCUT2D eigenvalue weighted by Crippen LogP contribution is 2.34. The van der Waals surface area contributed by atoms with Gasteiger partial charge in [0.1, 0.15) is 10.8 Å². The summed E-state index contributed by atoms with van der Waals surface area (Å²) in [7, 11) is 3.52. The lowest BCUT2D eigenvalue weighted by Crippen LogP contribution is -2.37. The van der Waals surface area contributed by atoms with E-state index in [1.807, 2.05) is 49.9 Å². The Hall–Kier alpha value is -2.67. The molecule has 0 N–H and O–H groups in total. The molecule has 26 heavy (non-hydrogen) atoms. The number of piperidine rings is 1. The molecule has 0 unspecified atom stereocenters. The smallest absolute Gasteiger partial charge is 0.222 e. The van der Waals surface area contributed by atoms with Crippen LogP contribution in [-0.2, 0) is 4.79 Å². The summed E-state index contributed by atoms with van der Waals surface area (Å²) in [5.41, 5.74) is 1.03. The number of imidazole rings is 1. The van der Waals surface area contributed by atoms with Crippen LogP contribution < -0.4 is 4.74 Å². The average molecular weight is 368 g/mol. The fourth-order valence-corrected chi connectivity index (χ4v) is 4.20. The standard InChI is InChI=1S/C19H20N4O2S/c1-22-12-14(6-7-17(22)24)23-9-8-20-18(23)16-11-21-19(26-16)13-4-3-5-15(10-13)25-2/h3-5,8-11,14H,6-7,12H2,1-2H3/t14-/m1/s1. The molecule has 1 aromatic carbocycles. The quantitative estimate of drug-likeness (QED) is 0.707. The number of hydrogen-bond donors (Lipinski definition) is 0. The molecule has 0 spiro atoms. The van der Waals surface area contributed by atoms with Crippen molar-refractivity contribution in [3.63, 3.8) is 0 Å². The second-order valence-corrected chi connectivity index (χ2v) is 7.42. The Bertz CT molecular complexity index is 933. The molecule has 2 aromatic heterocycles. The number of nitrogens with zero attached hydrogens (tertiary/aromatic N) is 4. The van der Waals surface area contributed by atoms with E-state index in [1.165, 1.54) is 0 Å². The van der Waals surface area contributed by atoms with Gasteiger partial charge in [-0.15, -0.1) is 11.3 Å². The van der Waals surface area contributed by atoms with Gasteiger partial charge in [0.15, 0.2) is 5.82 Å². The molecule has 1 amide bonds. The molecule has 1 aliphatic rings. The summed E-state index contributed by atoms with van der Waals surface area (Å²) in [6.07, 6.45) is 7.10. The van der Waals surface area contributed by atoms with Gasteiger partial charge in [0.25, 0.3) is 0 Å². The van der Waals surface area contributed by atoms with Crippen molar-refractivity contribution in [1.82, 2.24) is 19.4 Å². The van der Waals surface area contributed by atoms with E-state index >= 15 is 0 Å². The first-order valence-electron chi connectivity index (χ1n) is 8.53. The number of carbonyl (C=O) groups is 1. The molecule has 0 bridgehead atoms. The van der Waals surface area contributed by atoms with Gasteiger partial charge in [0, 0.05) is 44.2 Å². The SMILES string of the molecule is COc1cccc(-c2ncc(-c3nccn3[C@@H]3CCC(=O)N(C)C3)s2)c1. The molecule has 0 radical (unpaired) electrons. The largest absolute Gasteiger partial charge is 0.497 e. The van der Waals surface area contributed by atoms with E-state index in [0.717, 1.165) is 33.4 Å². The molecule has 3 aromatic rings. The van der Waals surface area contributed by atoms with Gasteiger partial charge in [-0.3, -0.25) is 4.79 Å². The number of hydrogen-bond acceptors (Lipinski definition) is 5. The first kappa shape index (κ1) is 16.8. The molecule has 3 heterocycles. The predicted octanol–water partition coefficient (Wildman–Crippen LogP) is 3.48. The average Bonchev–Trinajstić information content (AvgIpc) is 3.33. The molecule has 6 nitrogen and oxygen atoms in total. The van der Waals surface area contributed by atoms with Crippen LogP contribution in [0.15, 0.2) is 42.9 Å². The van der Waals surface area contributed by atoms with Crippen LogP contribution in [0.25, 0.3) is 21.3 Å². The number of rotatable bonds is 4. The zero-order valence-electron chi connectivity index (χ0n) is 14.8. The molecule has 1 atom stereocenters. The van der Waals surface area contributed by atoms with Crippen molar-refractivity contribution in [3.05, 3.63) is 42.9 Å². The van der Waals surface area contributed by atoms with Crippen LogP contribution in [0.4, 0.5) is 0 Å². The van der Waals surface area contributed by atoms with Gasteiger partial charge in [0.2, 0.25) is 5.91 Å². The molecule has 0 aliphatic carbocycles. The number of likely N-dealkylation sites (tertiary alicyclic amines) is 1. The minimum atomic E-state index is 0.209. The maximum Gasteiger partial charge on any atom is 0.222 e. The van der Waals surface area contributed by atoms with Crippen molar-refractivity contribution in [2.45, 2.75) is 18.9 Å². The minimum absolute atomic E-state index is 0.209. The van der Waals surface area contributed by atoms with Crippen LogP contribution >= 0.6 is 11.3 Å². The number of amides is 1. The molecule has 0 saturated carbocycles. The van der Waals surface area contributed by atoms with Gasteiger partial charge in [-0.25, -0.2) is 9.97 Å². The van der Waals surface area contributed by atoms with Gasteiger partial charge < -0.3 is 14.2 Å². The van der Waals surface area contributed by atoms with Crippen LogP contribution in [0.2, 0.25) is 0 Å². The highest BCUT2D eigenvalue weighted by atomic mass is 32.1. The van der Waals surface area contributed by atoms with Crippen LogP contribution in [0.5, 0.6) is 5.75 Å². The number of methoxy groups -OCH3 is 1. The van der Waals surface area contributed by atoms with E-state index in [-0.39, 0.29) is 11.9 Å². The number of likely N-dealkylation sites (N-methyl/N-ethyl adjacent to an activating group) is 1. The molecule has 1 fully saturated rings. The normalized spacial score (nSPS) is 17.5. The lowest BCUT2D eigenvalue weighted by molar-refractivity contribution is -0.132. The predicted molar refractivity (Wildman–Crippen MR) is 101 cm³/mol. The van der Waals surface area contributed by atoms with Crippen molar-refractivity contribution in [2.24, 2.45) is 0 Å². The van der Waals surface area contributed by atoms with Gasteiger partial charge in [-0.2, -0.15) is 0 Å². The van der Waals surface area contributed by atoms with Crippen LogP contribution in [0.1, 0.15) is 18.9 Å². The zero-order chi connectivity index (χ0) is 18.1. The highest BCUT2D eigenvalue weighted by Gasteiger charge is 2.26. The van der Waals surface area contributed by atoms with Gasteiger partial charge in [-0.1, -0.05) is 12.1 Å². The Morgan fingerprint density at radius 2 is 2.19 bits per heavy atom. The third-order valence-electron chi connectivity index (χ3n) is 4.71. The monoisotopic (exact) mass is 368 g/mol. The fourth-order valence-electron chi connectivity index (χ4n) is 3.28. The fraction of sp³-hybridized carbons (Fsp3) is 0.316. The van der Waals surface area contributed by atoms with Crippen molar-refractivity contribution < 1.29 is 9.53 Å². The Labute approximate surface area is 156 Å². The maximum absolute atomic E-state index is 11.8. The molecule has 134 valence electrons. The lowest BCUT2D eigenvalue weighted by Gasteiger charge is -2.31. The third-order valence-corrected chi connectivity index (χ3v) is 5.75. The first-order chi connectivity index (χ1) is 12.7. The van der Waals surface area contributed by atoms with Crippen LogP contribution in [0, 0.1) is 0 Å². The Morgan fingerprint density at radius 3 is 3.00 bits per heavy atom. The molecular weight excluding hydrogens is 348 g/mol. The van der Waals surface area contributed by atoms with E-state index in [4.69, 9.17) is 4.74 Å². The zero-order valence-corrected chi connectivity index (χ0v) is 15.6. The summed E-state index contributed by atoms with van der Waals surface area (Å²) < 4.78 is 7.47.